The SMILES string of the molecule is CC(C)(O)c1cc(C2CC2)cn2cc(CN3C(=O)c4ccccc4C3=O)nc12. The Morgan fingerprint density at radius 3 is 2.32 bits per heavy atom. The van der Waals surface area contributed by atoms with Crippen LogP contribution in [0.3, 0.4) is 0 Å². The van der Waals surface area contributed by atoms with Crippen molar-refractivity contribution < 1.29 is 14.7 Å². The van der Waals surface area contributed by atoms with Gasteiger partial charge in [-0.1, -0.05) is 12.1 Å². The molecule has 5 rings (SSSR count). The van der Waals surface area contributed by atoms with Crippen molar-refractivity contribution in [2.24, 2.45) is 0 Å². The Hall–Kier alpha value is -2.99. The molecule has 2 amide bonds. The maximum atomic E-state index is 12.6. The highest BCUT2D eigenvalue weighted by molar-refractivity contribution is 6.21. The van der Waals surface area contributed by atoms with Gasteiger partial charge in [0.2, 0.25) is 0 Å². The number of rotatable bonds is 4. The van der Waals surface area contributed by atoms with Crippen LogP contribution in [0.15, 0.2) is 42.7 Å². The Balaban J connectivity index is 1.54. The summed E-state index contributed by atoms with van der Waals surface area (Å²) in [5.41, 5.74) is 3.05. The van der Waals surface area contributed by atoms with Crippen LogP contribution in [0.5, 0.6) is 0 Å². The van der Waals surface area contributed by atoms with Crippen LogP contribution in [-0.4, -0.2) is 31.2 Å². The molecule has 0 atom stereocenters. The molecule has 1 aliphatic carbocycles. The Morgan fingerprint density at radius 1 is 1.11 bits per heavy atom. The van der Waals surface area contributed by atoms with Crippen molar-refractivity contribution in [3.8, 4) is 0 Å². The normalized spacial score (nSPS) is 16.9. The third-order valence-electron chi connectivity index (χ3n) is 5.53. The minimum atomic E-state index is -1.04. The first kappa shape index (κ1) is 17.1. The predicted molar refractivity (Wildman–Crippen MR) is 103 cm³/mol. The number of carbonyl (C=O) groups excluding carboxylic acids is 2. The second-order valence-corrected chi connectivity index (χ2v) is 8.23. The zero-order valence-corrected chi connectivity index (χ0v) is 15.8. The minimum absolute atomic E-state index is 0.109. The Bertz CT molecular complexity index is 1100. The van der Waals surface area contributed by atoms with Gasteiger partial charge >= 0.3 is 0 Å². The number of aliphatic hydroxyl groups is 1. The number of nitrogens with zero attached hydrogens (tertiary/aromatic N) is 3. The van der Waals surface area contributed by atoms with Crippen molar-refractivity contribution in [2.75, 3.05) is 0 Å². The molecular formula is C22H21N3O3. The lowest BCUT2D eigenvalue weighted by Crippen LogP contribution is -2.29. The molecular weight excluding hydrogens is 354 g/mol. The molecule has 3 heterocycles. The van der Waals surface area contributed by atoms with Gasteiger partial charge in [-0.25, -0.2) is 4.98 Å². The maximum Gasteiger partial charge on any atom is 0.261 e. The van der Waals surface area contributed by atoms with Crippen LogP contribution in [0.1, 0.15) is 70.1 Å². The summed E-state index contributed by atoms with van der Waals surface area (Å²) < 4.78 is 1.91. The average molecular weight is 375 g/mol. The van der Waals surface area contributed by atoms with Crippen molar-refractivity contribution in [1.29, 1.82) is 0 Å². The smallest absolute Gasteiger partial charge is 0.261 e. The van der Waals surface area contributed by atoms with E-state index in [2.05, 4.69) is 4.98 Å². The fraction of sp³-hybridized carbons (Fsp3) is 0.318. The van der Waals surface area contributed by atoms with Crippen LogP contribution in [0.4, 0.5) is 0 Å². The summed E-state index contributed by atoms with van der Waals surface area (Å²) in [5.74, 6) is -0.0503. The number of aromatic nitrogens is 2. The molecule has 0 saturated heterocycles. The van der Waals surface area contributed by atoms with Crippen LogP contribution in [0.2, 0.25) is 0 Å². The van der Waals surface area contributed by atoms with Crippen LogP contribution >= 0.6 is 0 Å². The van der Waals surface area contributed by atoms with Gasteiger partial charge in [-0.2, -0.15) is 0 Å². The lowest BCUT2D eigenvalue weighted by Gasteiger charge is -2.19. The van der Waals surface area contributed by atoms with E-state index in [0.717, 1.165) is 18.4 Å². The fourth-order valence-corrected chi connectivity index (χ4v) is 3.88. The van der Waals surface area contributed by atoms with Crippen molar-refractivity contribution >= 4 is 17.5 Å². The van der Waals surface area contributed by atoms with Gasteiger partial charge in [-0.05, 0) is 56.4 Å². The van der Waals surface area contributed by atoms with Gasteiger partial charge in [0.15, 0.2) is 0 Å². The molecule has 6 heteroatoms. The van der Waals surface area contributed by atoms with E-state index in [4.69, 9.17) is 0 Å². The molecule has 6 nitrogen and oxygen atoms in total. The first-order valence-corrected chi connectivity index (χ1v) is 9.52. The third kappa shape index (κ3) is 2.64. The molecule has 142 valence electrons. The molecule has 1 fully saturated rings. The summed E-state index contributed by atoms with van der Waals surface area (Å²) in [6.45, 7) is 3.60. The van der Waals surface area contributed by atoms with E-state index in [1.807, 2.05) is 22.9 Å². The van der Waals surface area contributed by atoms with Gasteiger partial charge in [0.05, 0.1) is 29.0 Å². The van der Waals surface area contributed by atoms with Gasteiger partial charge < -0.3 is 9.51 Å². The summed E-state index contributed by atoms with van der Waals surface area (Å²) in [6.07, 6.45) is 6.21. The number of amides is 2. The van der Waals surface area contributed by atoms with E-state index in [1.165, 1.54) is 10.5 Å². The second-order valence-electron chi connectivity index (χ2n) is 8.23. The first-order chi connectivity index (χ1) is 13.3. The number of imide groups is 1. The molecule has 1 N–H and O–H groups in total. The quantitative estimate of drug-likeness (QED) is 0.711. The molecule has 0 bridgehead atoms. The van der Waals surface area contributed by atoms with Crippen molar-refractivity contribution in [3.05, 3.63) is 70.7 Å². The minimum Gasteiger partial charge on any atom is -0.386 e. The number of benzene rings is 1. The predicted octanol–water partition coefficient (Wildman–Crippen LogP) is 3.24. The van der Waals surface area contributed by atoms with Crippen molar-refractivity contribution in [1.82, 2.24) is 14.3 Å². The van der Waals surface area contributed by atoms with E-state index in [0.29, 0.717) is 28.4 Å². The molecule has 1 saturated carbocycles. The number of hydrogen-bond acceptors (Lipinski definition) is 4. The topological polar surface area (TPSA) is 74.9 Å². The Kier molecular flexibility index (Phi) is 3.52. The van der Waals surface area contributed by atoms with Crippen LogP contribution in [-0.2, 0) is 12.1 Å². The monoisotopic (exact) mass is 375 g/mol. The molecule has 0 spiro atoms. The van der Waals surface area contributed by atoms with E-state index in [1.54, 1.807) is 38.1 Å². The fourth-order valence-electron chi connectivity index (χ4n) is 3.88. The highest BCUT2D eigenvalue weighted by Gasteiger charge is 2.36. The molecule has 0 unspecified atom stereocenters. The largest absolute Gasteiger partial charge is 0.386 e. The number of hydrogen-bond donors (Lipinski definition) is 1. The van der Waals surface area contributed by atoms with Gasteiger partial charge in [0.1, 0.15) is 5.65 Å². The van der Waals surface area contributed by atoms with E-state index < -0.39 is 5.60 Å². The number of fused-ring (bicyclic) bond motifs is 2. The molecule has 28 heavy (non-hydrogen) atoms. The zero-order chi connectivity index (χ0) is 19.6. The number of carbonyl (C=O) groups is 2. The summed E-state index contributed by atoms with van der Waals surface area (Å²) in [5, 5.41) is 10.6. The number of imidazole rings is 1. The van der Waals surface area contributed by atoms with Crippen LogP contribution in [0, 0.1) is 0 Å². The summed E-state index contributed by atoms with van der Waals surface area (Å²) in [4.78, 5) is 31.2. The average Bonchev–Trinajstić information content (AvgIpc) is 3.38. The van der Waals surface area contributed by atoms with E-state index in [-0.39, 0.29) is 18.4 Å². The van der Waals surface area contributed by atoms with Crippen molar-refractivity contribution in [3.63, 3.8) is 0 Å². The van der Waals surface area contributed by atoms with Crippen LogP contribution < -0.4 is 0 Å². The Labute approximate surface area is 162 Å². The zero-order valence-electron chi connectivity index (χ0n) is 15.8. The highest BCUT2D eigenvalue weighted by atomic mass is 16.3. The molecule has 2 aliphatic rings. The van der Waals surface area contributed by atoms with Gasteiger partial charge in [0.25, 0.3) is 11.8 Å². The molecule has 1 aliphatic heterocycles. The van der Waals surface area contributed by atoms with Gasteiger partial charge in [-0.3, -0.25) is 14.5 Å². The summed E-state index contributed by atoms with van der Waals surface area (Å²) in [6, 6.07) is 8.90. The first-order valence-electron chi connectivity index (χ1n) is 9.52. The molecule has 2 aromatic heterocycles. The lowest BCUT2D eigenvalue weighted by molar-refractivity contribution is 0.0639. The standard InChI is InChI=1S/C22H21N3O3/c1-22(2,28)18-9-14(13-7-8-13)10-24-11-15(23-19(18)24)12-25-20(26)16-5-3-4-6-17(16)21(25)27/h3-6,9-11,13,28H,7-8,12H2,1-2H3. The summed E-state index contributed by atoms with van der Waals surface area (Å²) in [7, 11) is 0. The third-order valence-corrected chi connectivity index (χ3v) is 5.53. The van der Waals surface area contributed by atoms with Crippen molar-refractivity contribution in [2.45, 2.75) is 44.8 Å². The molecule has 1 aromatic carbocycles. The van der Waals surface area contributed by atoms with E-state index >= 15 is 0 Å². The lowest BCUT2D eigenvalue weighted by atomic mass is 9.97. The molecule has 0 radical (unpaired) electrons. The van der Waals surface area contributed by atoms with Gasteiger partial charge in [0, 0.05) is 18.0 Å². The van der Waals surface area contributed by atoms with Crippen LogP contribution in [0.25, 0.3) is 5.65 Å². The van der Waals surface area contributed by atoms with E-state index in [9.17, 15) is 14.7 Å². The summed E-state index contributed by atoms with van der Waals surface area (Å²) >= 11 is 0. The van der Waals surface area contributed by atoms with Gasteiger partial charge in [-0.15, -0.1) is 0 Å². The Morgan fingerprint density at radius 2 is 1.75 bits per heavy atom. The number of pyridine rings is 1. The maximum absolute atomic E-state index is 12.6. The second kappa shape index (κ2) is 5.75. The highest BCUT2D eigenvalue weighted by Crippen LogP contribution is 2.41. The molecule has 3 aromatic rings.